The molecule has 1 aliphatic rings. The average Bonchev–Trinajstić information content (AvgIpc) is 2.65. The zero-order chi connectivity index (χ0) is 22.5. The maximum Gasteiger partial charge on any atom is 0.318 e. The summed E-state index contributed by atoms with van der Waals surface area (Å²) in [5.74, 6) is 1.05. The van der Waals surface area contributed by atoms with Crippen LogP contribution in [-0.2, 0) is 4.79 Å². The number of rotatable bonds is 6. The molecule has 3 amide bonds. The van der Waals surface area contributed by atoms with Crippen LogP contribution >= 0.6 is 23.4 Å². The Morgan fingerprint density at radius 1 is 1.27 bits per heavy atom. The zero-order valence-electron chi connectivity index (χ0n) is 18.7. The lowest BCUT2D eigenvalue weighted by Crippen LogP contribution is -2.59. The van der Waals surface area contributed by atoms with Crippen LogP contribution in [0.3, 0.4) is 0 Å². The topological polar surface area (TPSA) is 81.7 Å². The molecule has 0 aromatic carbocycles. The number of carbonyl (C=O) groups excluding carboxylic acids is 2. The van der Waals surface area contributed by atoms with E-state index in [1.807, 2.05) is 46.4 Å². The predicted molar refractivity (Wildman–Crippen MR) is 122 cm³/mol. The molecule has 1 aliphatic heterocycles. The highest BCUT2D eigenvalue weighted by molar-refractivity contribution is 7.99. The first-order chi connectivity index (χ1) is 14.0. The van der Waals surface area contributed by atoms with Crippen molar-refractivity contribution >= 4 is 41.1 Å². The third-order valence-electron chi connectivity index (χ3n) is 4.80. The summed E-state index contributed by atoms with van der Waals surface area (Å²) in [4.78, 5) is 39.4. The van der Waals surface area contributed by atoms with E-state index in [-0.39, 0.29) is 29.3 Å². The lowest BCUT2D eigenvalue weighted by Gasteiger charge is -2.41. The van der Waals surface area contributed by atoms with Crippen molar-refractivity contribution in [2.24, 2.45) is 0 Å². The standard InChI is InChI=1S/C20H33ClN6O2S/c1-7-25(8-2)17(28)13-30-18-22-15(21)11-16(23-18)26-9-10-27(14(3)12-26)19(29)24-20(4,5)6/h11,14H,7-10,12-13H2,1-6H3,(H,24,29). The van der Waals surface area contributed by atoms with Gasteiger partial charge >= 0.3 is 6.03 Å². The third-order valence-corrected chi connectivity index (χ3v) is 5.82. The fourth-order valence-corrected chi connectivity index (χ4v) is 4.25. The minimum Gasteiger partial charge on any atom is -0.353 e. The summed E-state index contributed by atoms with van der Waals surface area (Å²) < 4.78 is 0. The second kappa shape index (κ2) is 10.5. The van der Waals surface area contributed by atoms with Gasteiger partial charge in [-0.25, -0.2) is 14.8 Å². The second-order valence-corrected chi connectivity index (χ2v) is 9.68. The van der Waals surface area contributed by atoms with Crippen molar-refractivity contribution in [3.63, 3.8) is 0 Å². The fourth-order valence-electron chi connectivity index (χ4n) is 3.27. The van der Waals surface area contributed by atoms with Crippen LogP contribution in [0.5, 0.6) is 0 Å². The summed E-state index contributed by atoms with van der Waals surface area (Å²) in [6, 6.07) is 1.70. The predicted octanol–water partition coefficient (Wildman–Crippen LogP) is 3.11. The van der Waals surface area contributed by atoms with Crippen LogP contribution < -0.4 is 10.2 Å². The van der Waals surface area contributed by atoms with Crippen molar-refractivity contribution in [3.05, 3.63) is 11.2 Å². The van der Waals surface area contributed by atoms with E-state index in [9.17, 15) is 9.59 Å². The number of anilines is 1. The lowest BCUT2D eigenvalue weighted by molar-refractivity contribution is -0.127. The first-order valence-corrected chi connectivity index (χ1v) is 11.7. The summed E-state index contributed by atoms with van der Waals surface area (Å²) in [5, 5.41) is 3.85. The number of thioether (sulfide) groups is 1. The van der Waals surface area contributed by atoms with Crippen LogP contribution in [0.15, 0.2) is 11.2 Å². The van der Waals surface area contributed by atoms with Crippen LogP contribution in [0, 0.1) is 0 Å². The van der Waals surface area contributed by atoms with E-state index in [4.69, 9.17) is 11.6 Å². The van der Waals surface area contributed by atoms with Gasteiger partial charge in [-0.2, -0.15) is 0 Å². The van der Waals surface area contributed by atoms with Gasteiger partial charge in [-0.15, -0.1) is 0 Å². The maximum absolute atomic E-state index is 12.5. The van der Waals surface area contributed by atoms with Gasteiger partial charge in [0.05, 0.1) is 5.75 Å². The van der Waals surface area contributed by atoms with Crippen LogP contribution in [-0.4, -0.2) is 81.8 Å². The number of piperazine rings is 1. The molecule has 1 aromatic heterocycles. The fraction of sp³-hybridized carbons (Fsp3) is 0.700. The molecule has 2 rings (SSSR count). The first-order valence-electron chi connectivity index (χ1n) is 10.3. The van der Waals surface area contributed by atoms with Gasteiger partial charge in [0.25, 0.3) is 0 Å². The van der Waals surface area contributed by atoms with Crippen molar-refractivity contribution in [1.82, 2.24) is 25.1 Å². The largest absolute Gasteiger partial charge is 0.353 e. The molecule has 1 N–H and O–H groups in total. The van der Waals surface area contributed by atoms with E-state index < -0.39 is 0 Å². The molecule has 0 aliphatic carbocycles. The molecule has 0 bridgehead atoms. The maximum atomic E-state index is 12.5. The molecule has 10 heteroatoms. The summed E-state index contributed by atoms with van der Waals surface area (Å²) in [6.07, 6.45) is 0. The number of aromatic nitrogens is 2. The molecule has 1 atom stereocenters. The monoisotopic (exact) mass is 456 g/mol. The Morgan fingerprint density at radius 3 is 2.50 bits per heavy atom. The van der Waals surface area contributed by atoms with E-state index in [0.717, 1.165) is 5.82 Å². The molecule has 1 fully saturated rings. The molecular formula is C20H33ClN6O2S. The number of halogens is 1. The SMILES string of the molecule is CCN(CC)C(=O)CSc1nc(Cl)cc(N2CCN(C(=O)NC(C)(C)C)C(C)C2)n1. The van der Waals surface area contributed by atoms with Crippen molar-refractivity contribution < 1.29 is 9.59 Å². The van der Waals surface area contributed by atoms with Crippen molar-refractivity contribution in [2.75, 3.05) is 43.4 Å². The number of urea groups is 1. The highest BCUT2D eigenvalue weighted by Crippen LogP contribution is 2.24. The van der Waals surface area contributed by atoms with Gasteiger partial charge in [0.2, 0.25) is 5.91 Å². The molecule has 0 saturated carbocycles. The second-order valence-electron chi connectivity index (χ2n) is 8.35. The Morgan fingerprint density at radius 2 is 1.93 bits per heavy atom. The van der Waals surface area contributed by atoms with E-state index in [1.54, 1.807) is 11.0 Å². The molecule has 168 valence electrons. The van der Waals surface area contributed by atoms with Gasteiger partial charge in [-0.05, 0) is 41.5 Å². The number of carbonyl (C=O) groups is 2. The molecular weight excluding hydrogens is 424 g/mol. The molecule has 8 nitrogen and oxygen atoms in total. The van der Waals surface area contributed by atoms with Crippen LogP contribution in [0.2, 0.25) is 5.15 Å². The third kappa shape index (κ3) is 6.91. The van der Waals surface area contributed by atoms with Crippen LogP contribution in [0.1, 0.15) is 41.5 Å². The summed E-state index contributed by atoms with van der Waals surface area (Å²) in [7, 11) is 0. The number of amides is 3. The van der Waals surface area contributed by atoms with Crippen LogP contribution in [0.4, 0.5) is 10.6 Å². The number of nitrogens with one attached hydrogen (secondary N) is 1. The van der Waals surface area contributed by atoms with Crippen molar-refractivity contribution in [1.29, 1.82) is 0 Å². The molecule has 0 spiro atoms. The van der Waals surface area contributed by atoms with E-state index >= 15 is 0 Å². The summed E-state index contributed by atoms with van der Waals surface area (Å²) in [5.41, 5.74) is -0.275. The van der Waals surface area contributed by atoms with E-state index in [2.05, 4.69) is 20.2 Å². The smallest absolute Gasteiger partial charge is 0.318 e. The molecule has 1 unspecified atom stereocenters. The van der Waals surface area contributed by atoms with Gasteiger partial charge in [-0.3, -0.25) is 4.79 Å². The summed E-state index contributed by atoms with van der Waals surface area (Å²) >= 11 is 7.52. The highest BCUT2D eigenvalue weighted by Gasteiger charge is 2.30. The Labute approximate surface area is 188 Å². The molecule has 2 heterocycles. The Balaban J connectivity index is 2.03. The zero-order valence-corrected chi connectivity index (χ0v) is 20.3. The van der Waals surface area contributed by atoms with Gasteiger partial charge in [0.1, 0.15) is 11.0 Å². The van der Waals surface area contributed by atoms with Gasteiger partial charge in [0.15, 0.2) is 5.16 Å². The Hall–Kier alpha value is -1.74. The van der Waals surface area contributed by atoms with E-state index in [0.29, 0.717) is 43.0 Å². The normalized spacial score (nSPS) is 17.1. The quantitative estimate of drug-likeness (QED) is 0.402. The van der Waals surface area contributed by atoms with Gasteiger partial charge < -0.3 is 20.0 Å². The van der Waals surface area contributed by atoms with Crippen molar-refractivity contribution in [2.45, 2.75) is 58.3 Å². The van der Waals surface area contributed by atoms with Gasteiger partial charge in [-0.1, -0.05) is 23.4 Å². The van der Waals surface area contributed by atoms with Gasteiger partial charge in [0, 0.05) is 50.4 Å². The van der Waals surface area contributed by atoms with E-state index in [1.165, 1.54) is 11.8 Å². The number of hydrogen-bond acceptors (Lipinski definition) is 6. The Kier molecular flexibility index (Phi) is 8.61. The molecule has 30 heavy (non-hydrogen) atoms. The number of hydrogen-bond donors (Lipinski definition) is 1. The first kappa shape index (κ1) is 24.5. The average molecular weight is 457 g/mol. The lowest BCUT2D eigenvalue weighted by atomic mass is 10.1. The van der Waals surface area contributed by atoms with Crippen LogP contribution in [0.25, 0.3) is 0 Å². The molecule has 1 aromatic rings. The number of nitrogens with zero attached hydrogens (tertiary/aromatic N) is 5. The molecule has 0 radical (unpaired) electrons. The minimum atomic E-state index is -0.275. The minimum absolute atomic E-state index is 0.0233. The Bertz CT molecular complexity index is 753. The summed E-state index contributed by atoms with van der Waals surface area (Å²) in [6.45, 7) is 15.1. The molecule has 1 saturated heterocycles. The van der Waals surface area contributed by atoms with Crippen molar-refractivity contribution in [3.8, 4) is 0 Å². The highest BCUT2D eigenvalue weighted by atomic mass is 35.5.